The minimum absolute atomic E-state index is 0.00991. The molecule has 0 aliphatic heterocycles. The highest BCUT2D eigenvalue weighted by atomic mass is 16.9. The summed E-state index contributed by atoms with van der Waals surface area (Å²) in [5.74, 6) is 2.19. The fourth-order valence-electron chi connectivity index (χ4n) is 6.38. The van der Waals surface area contributed by atoms with E-state index < -0.39 is 5.09 Å². The molecule has 0 spiro atoms. The molecular weight excluding hydrogens is 372 g/mol. The summed E-state index contributed by atoms with van der Waals surface area (Å²) in [6.45, 7) is 0.467. The van der Waals surface area contributed by atoms with Crippen LogP contribution in [0.15, 0.2) is 24.3 Å². The number of aromatic nitrogens is 2. The van der Waals surface area contributed by atoms with Gasteiger partial charge < -0.3 is 10.2 Å². The van der Waals surface area contributed by atoms with Gasteiger partial charge >= 0.3 is 0 Å². The Bertz CT molecular complexity index is 918. The van der Waals surface area contributed by atoms with Crippen molar-refractivity contribution in [1.29, 1.82) is 0 Å². The maximum atomic E-state index is 13.3. The van der Waals surface area contributed by atoms with E-state index in [2.05, 4.69) is 15.3 Å². The van der Waals surface area contributed by atoms with Crippen molar-refractivity contribution in [3.8, 4) is 0 Å². The van der Waals surface area contributed by atoms with E-state index in [-0.39, 0.29) is 18.1 Å². The van der Waals surface area contributed by atoms with Gasteiger partial charge in [0.15, 0.2) is 5.69 Å². The smallest absolute Gasteiger partial charge is 0.294 e. The second kappa shape index (κ2) is 7.00. The first-order valence-corrected chi connectivity index (χ1v) is 10.6. The highest BCUT2D eigenvalue weighted by Gasteiger charge is 2.51. The normalized spacial score (nSPS) is 29.9. The average molecular weight is 398 g/mol. The molecule has 0 radical (unpaired) electrons. The summed E-state index contributed by atoms with van der Waals surface area (Å²) < 4.78 is 1.76. The van der Waals surface area contributed by atoms with Crippen molar-refractivity contribution >= 4 is 16.8 Å². The van der Waals surface area contributed by atoms with Gasteiger partial charge in [-0.1, -0.05) is 18.2 Å². The number of para-hydroxylation sites is 1. The number of benzene rings is 1. The number of nitrogens with one attached hydrogen (secondary N) is 1. The van der Waals surface area contributed by atoms with Crippen LogP contribution in [0.2, 0.25) is 0 Å². The Morgan fingerprint density at radius 3 is 2.52 bits per heavy atom. The van der Waals surface area contributed by atoms with E-state index in [1.54, 1.807) is 4.68 Å². The molecule has 4 fully saturated rings. The van der Waals surface area contributed by atoms with Crippen LogP contribution in [0.1, 0.15) is 55.4 Å². The number of hydrogen-bond donors (Lipinski definition) is 1. The van der Waals surface area contributed by atoms with E-state index in [0.29, 0.717) is 18.7 Å². The maximum Gasteiger partial charge on any atom is 0.294 e. The molecule has 1 aromatic heterocycles. The molecule has 154 valence electrons. The average Bonchev–Trinajstić information content (AvgIpc) is 3.03. The fourth-order valence-corrected chi connectivity index (χ4v) is 6.38. The zero-order chi connectivity index (χ0) is 20.0. The van der Waals surface area contributed by atoms with Crippen LogP contribution in [-0.4, -0.2) is 32.9 Å². The number of nitrogens with zero attached hydrogens (tertiary/aromatic N) is 3. The summed E-state index contributed by atoms with van der Waals surface area (Å²) in [5.41, 5.74) is 1.26. The second-order valence-electron chi connectivity index (χ2n) is 9.15. The van der Waals surface area contributed by atoms with Crippen molar-refractivity contribution in [2.75, 3.05) is 6.61 Å². The van der Waals surface area contributed by atoms with Crippen molar-refractivity contribution in [2.45, 2.75) is 57.0 Å². The summed E-state index contributed by atoms with van der Waals surface area (Å²) in [5, 5.41) is 18.3. The Morgan fingerprint density at radius 1 is 1.21 bits per heavy atom. The minimum atomic E-state index is -0.786. The van der Waals surface area contributed by atoms with Crippen LogP contribution >= 0.6 is 0 Å². The highest BCUT2D eigenvalue weighted by Crippen LogP contribution is 2.55. The van der Waals surface area contributed by atoms with Crippen LogP contribution in [0.3, 0.4) is 0 Å². The molecule has 29 heavy (non-hydrogen) atoms. The van der Waals surface area contributed by atoms with Gasteiger partial charge in [0.05, 0.1) is 12.1 Å². The lowest BCUT2D eigenvalue weighted by molar-refractivity contribution is -0.757. The van der Waals surface area contributed by atoms with Crippen LogP contribution < -0.4 is 5.32 Å². The lowest BCUT2D eigenvalue weighted by Crippen LogP contribution is -2.59. The Hall–Kier alpha value is -2.64. The molecule has 0 unspecified atom stereocenters. The molecule has 1 amide bonds. The molecule has 1 aromatic carbocycles. The zero-order valence-electron chi connectivity index (χ0n) is 16.4. The van der Waals surface area contributed by atoms with Crippen LogP contribution in [0, 0.1) is 27.9 Å². The summed E-state index contributed by atoms with van der Waals surface area (Å²) in [6.07, 6.45) is 7.74. The third-order valence-electron chi connectivity index (χ3n) is 7.00. The van der Waals surface area contributed by atoms with Crippen LogP contribution in [0.25, 0.3) is 10.9 Å². The van der Waals surface area contributed by atoms with Crippen molar-refractivity contribution in [3.63, 3.8) is 0 Å². The number of amides is 1. The molecular formula is C21H26N4O4. The van der Waals surface area contributed by atoms with Crippen LogP contribution in [0.5, 0.6) is 0 Å². The molecule has 0 saturated heterocycles. The molecule has 0 atom stereocenters. The first kappa shape index (κ1) is 18.4. The molecule has 6 rings (SSSR count). The lowest BCUT2D eigenvalue weighted by Gasteiger charge is -2.56. The maximum absolute atomic E-state index is 13.3. The largest absolute Gasteiger partial charge is 0.345 e. The third-order valence-corrected chi connectivity index (χ3v) is 7.00. The molecule has 4 aliphatic rings. The lowest BCUT2D eigenvalue weighted by atomic mass is 9.53. The zero-order valence-corrected chi connectivity index (χ0v) is 16.4. The molecule has 4 aliphatic carbocycles. The number of carbonyl (C=O) groups is 1. The van der Waals surface area contributed by atoms with E-state index in [4.69, 9.17) is 0 Å². The van der Waals surface area contributed by atoms with E-state index in [1.807, 2.05) is 24.3 Å². The standard InChI is InChI=1S/C21H26N4O4/c26-20(22-21-11-14-8-15(12-21)10-16(9-14)13-21)19-17-4-1-2-5-18(17)24(23-19)6-3-7-29-25(27)28/h1-2,4-5,14-16H,3,6-13H2,(H,22,26). The fraction of sp³-hybridized carbons (Fsp3) is 0.619. The van der Waals surface area contributed by atoms with E-state index >= 15 is 0 Å². The summed E-state index contributed by atoms with van der Waals surface area (Å²) in [6, 6.07) is 7.67. The van der Waals surface area contributed by atoms with Crippen molar-refractivity contribution < 1.29 is 14.7 Å². The summed E-state index contributed by atoms with van der Waals surface area (Å²) in [7, 11) is 0. The predicted octanol–water partition coefficient (Wildman–Crippen LogP) is 3.33. The first-order chi connectivity index (χ1) is 14.0. The predicted molar refractivity (Wildman–Crippen MR) is 106 cm³/mol. The van der Waals surface area contributed by atoms with Crippen molar-refractivity contribution in [3.05, 3.63) is 40.1 Å². The molecule has 1 heterocycles. The van der Waals surface area contributed by atoms with Gasteiger partial charge in [-0.3, -0.25) is 9.48 Å². The topological polar surface area (TPSA) is 99.3 Å². The number of hydrogen-bond acceptors (Lipinski definition) is 5. The number of carbonyl (C=O) groups excluding carboxylic acids is 1. The molecule has 8 heteroatoms. The molecule has 4 saturated carbocycles. The van der Waals surface area contributed by atoms with E-state index in [9.17, 15) is 14.9 Å². The molecule has 4 bridgehead atoms. The van der Waals surface area contributed by atoms with Gasteiger partial charge in [-0.15, -0.1) is 10.1 Å². The Morgan fingerprint density at radius 2 is 1.86 bits per heavy atom. The molecule has 1 N–H and O–H groups in total. The van der Waals surface area contributed by atoms with Crippen molar-refractivity contribution in [2.24, 2.45) is 17.8 Å². The number of fused-ring (bicyclic) bond motifs is 1. The third kappa shape index (κ3) is 3.45. The molecule has 8 nitrogen and oxygen atoms in total. The van der Waals surface area contributed by atoms with Gasteiger partial charge in [0.1, 0.15) is 0 Å². The summed E-state index contributed by atoms with van der Waals surface area (Å²) in [4.78, 5) is 28.0. The Labute approximate surface area is 168 Å². The van der Waals surface area contributed by atoms with Gasteiger partial charge in [-0.25, -0.2) is 0 Å². The quantitative estimate of drug-likeness (QED) is 0.438. The van der Waals surface area contributed by atoms with E-state index in [0.717, 1.165) is 47.9 Å². The van der Waals surface area contributed by atoms with Crippen LogP contribution in [0.4, 0.5) is 0 Å². The van der Waals surface area contributed by atoms with Gasteiger partial charge in [0.25, 0.3) is 11.0 Å². The van der Waals surface area contributed by atoms with Gasteiger partial charge in [-0.05, 0) is 68.8 Å². The minimum Gasteiger partial charge on any atom is -0.345 e. The second-order valence-corrected chi connectivity index (χ2v) is 9.15. The number of aryl methyl sites for hydroxylation is 1. The monoisotopic (exact) mass is 398 g/mol. The van der Waals surface area contributed by atoms with Gasteiger partial charge in [-0.2, -0.15) is 5.10 Å². The van der Waals surface area contributed by atoms with Crippen molar-refractivity contribution in [1.82, 2.24) is 15.1 Å². The summed E-state index contributed by atoms with van der Waals surface area (Å²) >= 11 is 0. The first-order valence-electron chi connectivity index (χ1n) is 10.6. The van der Waals surface area contributed by atoms with Crippen LogP contribution in [-0.2, 0) is 11.4 Å². The Balaban J connectivity index is 1.36. The van der Waals surface area contributed by atoms with E-state index in [1.165, 1.54) is 19.3 Å². The number of rotatable bonds is 7. The SMILES string of the molecule is O=C(NC12CC3CC(CC(C3)C1)C2)c1nn(CCCO[N+](=O)[O-])c2ccccc12. The highest BCUT2D eigenvalue weighted by molar-refractivity contribution is 6.05. The Kier molecular flexibility index (Phi) is 4.44. The van der Waals surface area contributed by atoms with Gasteiger partial charge in [0.2, 0.25) is 0 Å². The molecule has 2 aromatic rings. The van der Waals surface area contributed by atoms with Gasteiger partial charge in [0, 0.05) is 17.5 Å².